The van der Waals surface area contributed by atoms with E-state index in [0.717, 1.165) is 63.3 Å². The molecule has 1 aliphatic heterocycles. The number of aromatic nitrogens is 1. The molecule has 2 saturated carbocycles. The van der Waals surface area contributed by atoms with Gasteiger partial charge < -0.3 is 20.3 Å². The van der Waals surface area contributed by atoms with Gasteiger partial charge in [0.05, 0.1) is 6.54 Å². The van der Waals surface area contributed by atoms with Crippen LogP contribution < -0.4 is 15.4 Å². The number of likely N-dealkylation sites (tertiary alicyclic amines) is 1. The molecule has 1 aromatic heterocycles. The molecule has 176 valence electrons. The standard InChI is InChI=1S/C25H39N5O2/c1-2-26-25(28-17-20-11-8-15-27-23(20)32-22-12-6-7-13-22)29-21-14-16-30(18-21)24(31)19-9-4-3-5-10-19/h8,11,15,19,21-22H,2-7,9-10,12-14,16-18H2,1H3,(H2,26,28,29). The molecule has 1 aromatic rings. The van der Waals surface area contributed by atoms with Crippen LogP contribution >= 0.6 is 0 Å². The zero-order valence-corrected chi connectivity index (χ0v) is 19.5. The van der Waals surface area contributed by atoms with Crippen molar-refractivity contribution in [1.29, 1.82) is 0 Å². The van der Waals surface area contributed by atoms with Crippen LogP contribution in [0.25, 0.3) is 0 Å². The van der Waals surface area contributed by atoms with Crippen molar-refractivity contribution in [3.8, 4) is 5.88 Å². The van der Waals surface area contributed by atoms with E-state index in [0.29, 0.717) is 18.3 Å². The van der Waals surface area contributed by atoms with Gasteiger partial charge in [0.2, 0.25) is 11.8 Å². The van der Waals surface area contributed by atoms with Crippen LogP contribution in [0.2, 0.25) is 0 Å². The third kappa shape index (κ3) is 6.14. The Balaban J connectivity index is 1.33. The van der Waals surface area contributed by atoms with Gasteiger partial charge in [0.15, 0.2) is 5.96 Å². The van der Waals surface area contributed by atoms with Gasteiger partial charge in [-0.05, 0) is 57.9 Å². The first kappa shape index (κ1) is 22.9. The van der Waals surface area contributed by atoms with Gasteiger partial charge in [0.1, 0.15) is 6.10 Å². The number of nitrogens with zero attached hydrogens (tertiary/aromatic N) is 3. The number of hydrogen-bond acceptors (Lipinski definition) is 4. The molecular weight excluding hydrogens is 402 g/mol. The third-order valence-electron chi connectivity index (χ3n) is 6.98. The lowest BCUT2D eigenvalue weighted by Gasteiger charge is -2.26. The van der Waals surface area contributed by atoms with Crippen molar-refractivity contribution in [3.05, 3.63) is 23.9 Å². The number of ether oxygens (including phenoxy) is 1. The zero-order valence-electron chi connectivity index (χ0n) is 19.5. The van der Waals surface area contributed by atoms with Crippen LogP contribution in [0.4, 0.5) is 0 Å². The number of aliphatic imine (C=N–C) groups is 1. The van der Waals surface area contributed by atoms with E-state index in [1.165, 1.54) is 32.1 Å². The Morgan fingerprint density at radius 3 is 2.72 bits per heavy atom. The number of rotatable bonds is 7. The average molecular weight is 442 g/mol. The molecule has 2 aliphatic carbocycles. The summed E-state index contributed by atoms with van der Waals surface area (Å²) in [5.74, 6) is 2.11. The minimum Gasteiger partial charge on any atom is -0.474 e. The molecule has 0 radical (unpaired) electrons. The Bertz CT molecular complexity index is 771. The summed E-state index contributed by atoms with van der Waals surface area (Å²) in [6, 6.07) is 4.23. The lowest BCUT2D eigenvalue weighted by molar-refractivity contribution is -0.135. The summed E-state index contributed by atoms with van der Waals surface area (Å²) >= 11 is 0. The molecule has 1 saturated heterocycles. The molecule has 0 aromatic carbocycles. The van der Waals surface area contributed by atoms with Gasteiger partial charge in [-0.3, -0.25) is 4.79 Å². The fraction of sp³-hybridized carbons (Fsp3) is 0.720. The van der Waals surface area contributed by atoms with Crippen molar-refractivity contribution < 1.29 is 9.53 Å². The molecule has 7 heteroatoms. The van der Waals surface area contributed by atoms with Crippen LogP contribution in [0.1, 0.15) is 76.7 Å². The summed E-state index contributed by atoms with van der Waals surface area (Å²) in [7, 11) is 0. The molecule has 7 nitrogen and oxygen atoms in total. The molecular formula is C25H39N5O2. The summed E-state index contributed by atoms with van der Waals surface area (Å²) in [5, 5.41) is 6.91. The first-order valence-corrected chi connectivity index (χ1v) is 12.7. The van der Waals surface area contributed by atoms with Crippen molar-refractivity contribution in [1.82, 2.24) is 20.5 Å². The van der Waals surface area contributed by atoms with Crippen LogP contribution in [0, 0.1) is 5.92 Å². The first-order chi connectivity index (χ1) is 15.7. The van der Waals surface area contributed by atoms with Gasteiger partial charge in [-0.2, -0.15) is 0 Å². The Labute approximate surface area is 192 Å². The molecule has 1 atom stereocenters. The van der Waals surface area contributed by atoms with Crippen molar-refractivity contribution >= 4 is 11.9 Å². The van der Waals surface area contributed by atoms with Crippen molar-refractivity contribution in [2.75, 3.05) is 19.6 Å². The Morgan fingerprint density at radius 2 is 1.94 bits per heavy atom. The molecule has 1 amide bonds. The second-order valence-electron chi connectivity index (χ2n) is 9.44. The number of carbonyl (C=O) groups is 1. The molecule has 0 spiro atoms. The number of pyridine rings is 1. The van der Waals surface area contributed by atoms with E-state index >= 15 is 0 Å². The maximum Gasteiger partial charge on any atom is 0.225 e. The van der Waals surface area contributed by atoms with E-state index in [4.69, 9.17) is 9.73 Å². The molecule has 2 N–H and O–H groups in total. The van der Waals surface area contributed by atoms with Crippen LogP contribution in [0.5, 0.6) is 5.88 Å². The summed E-state index contributed by atoms with van der Waals surface area (Å²) in [4.78, 5) is 24.2. The van der Waals surface area contributed by atoms with Crippen molar-refractivity contribution in [2.24, 2.45) is 10.9 Å². The Hall–Kier alpha value is -2.31. The predicted molar refractivity (Wildman–Crippen MR) is 127 cm³/mol. The van der Waals surface area contributed by atoms with Crippen molar-refractivity contribution in [3.63, 3.8) is 0 Å². The minimum absolute atomic E-state index is 0.239. The van der Waals surface area contributed by atoms with E-state index in [9.17, 15) is 4.79 Å². The van der Waals surface area contributed by atoms with Crippen LogP contribution in [-0.4, -0.2) is 53.5 Å². The van der Waals surface area contributed by atoms with E-state index < -0.39 is 0 Å². The molecule has 0 bridgehead atoms. The maximum atomic E-state index is 12.9. The first-order valence-electron chi connectivity index (χ1n) is 12.7. The average Bonchev–Trinajstić information content (AvgIpc) is 3.51. The smallest absolute Gasteiger partial charge is 0.225 e. The van der Waals surface area contributed by atoms with Gasteiger partial charge in [0, 0.05) is 43.4 Å². The molecule has 3 fully saturated rings. The fourth-order valence-corrected chi connectivity index (χ4v) is 5.18. The van der Waals surface area contributed by atoms with E-state index in [-0.39, 0.29) is 18.1 Å². The fourth-order valence-electron chi connectivity index (χ4n) is 5.18. The zero-order chi connectivity index (χ0) is 22.2. The van der Waals surface area contributed by atoms with Gasteiger partial charge in [0.25, 0.3) is 0 Å². The van der Waals surface area contributed by atoms with Crippen molar-refractivity contribution in [2.45, 2.75) is 89.8 Å². The molecule has 3 aliphatic rings. The van der Waals surface area contributed by atoms with E-state index in [2.05, 4.69) is 27.4 Å². The largest absolute Gasteiger partial charge is 0.474 e. The number of amides is 1. The number of hydrogen-bond donors (Lipinski definition) is 2. The van der Waals surface area contributed by atoms with Crippen LogP contribution in [0.15, 0.2) is 23.3 Å². The number of guanidine groups is 1. The minimum atomic E-state index is 0.239. The molecule has 1 unspecified atom stereocenters. The maximum absolute atomic E-state index is 12.9. The number of nitrogens with one attached hydrogen (secondary N) is 2. The van der Waals surface area contributed by atoms with E-state index in [1.54, 1.807) is 6.20 Å². The Morgan fingerprint density at radius 1 is 1.16 bits per heavy atom. The molecule has 2 heterocycles. The summed E-state index contributed by atoms with van der Waals surface area (Å²) in [6.07, 6.45) is 13.5. The monoisotopic (exact) mass is 441 g/mol. The lowest BCUT2D eigenvalue weighted by Crippen LogP contribution is -2.45. The second kappa shape index (κ2) is 11.5. The molecule has 32 heavy (non-hydrogen) atoms. The van der Waals surface area contributed by atoms with Gasteiger partial charge >= 0.3 is 0 Å². The highest BCUT2D eigenvalue weighted by Gasteiger charge is 2.31. The highest BCUT2D eigenvalue weighted by atomic mass is 16.5. The quantitative estimate of drug-likeness (QED) is 0.499. The predicted octanol–water partition coefficient (Wildman–Crippen LogP) is 3.64. The number of carbonyl (C=O) groups excluding carboxylic acids is 1. The molecule has 4 rings (SSSR count). The summed E-state index contributed by atoms with van der Waals surface area (Å²) in [5.41, 5.74) is 1.01. The van der Waals surface area contributed by atoms with Gasteiger partial charge in [-0.15, -0.1) is 0 Å². The second-order valence-corrected chi connectivity index (χ2v) is 9.44. The lowest BCUT2D eigenvalue weighted by atomic mass is 9.88. The summed E-state index contributed by atoms with van der Waals surface area (Å²) < 4.78 is 6.16. The summed E-state index contributed by atoms with van der Waals surface area (Å²) in [6.45, 7) is 4.99. The van der Waals surface area contributed by atoms with Gasteiger partial charge in [-0.1, -0.05) is 25.3 Å². The third-order valence-corrected chi connectivity index (χ3v) is 6.98. The SMILES string of the molecule is CCNC(=NCc1cccnc1OC1CCCC1)NC1CCN(C(=O)C2CCCCC2)C1. The Kier molecular flexibility index (Phi) is 8.24. The topological polar surface area (TPSA) is 78.9 Å². The highest BCUT2D eigenvalue weighted by molar-refractivity contribution is 5.81. The highest BCUT2D eigenvalue weighted by Crippen LogP contribution is 2.27. The van der Waals surface area contributed by atoms with Gasteiger partial charge in [-0.25, -0.2) is 9.98 Å². The normalized spacial score (nSPS) is 22.8. The van der Waals surface area contributed by atoms with Crippen LogP contribution in [0.3, 0.4) is 0 Å². The van der Waals surface area contributed by atoms with E-state index in [1.807, 2.05) is 12.1 Å². The van der Waals surface area contributed by atoms with Crippen LogP contribution in [-0.2, 0) is 11.3 Å².